The van der Waals surface area contributed by atoms with Crippen LogP contribution in [0, 0.1) is 0 Å². The Labute approximate surface area is 126 Å². The predicted octanol–water partition coefficient (Wildman–Crippen LogP) is 1.81. The van der Waals surface area contributed by atoms with Crippen LogP contribution in [0.2, 0.25) is 0 Å². The molecule has 1 heterocycles. The highest BCUT2D eigenvalue weighted by atomic mass is 16.5. The van der Waals surface area contributed by atoms with E-state index in [2.05, 4.69) is 5.32 Å². The molecule has 1 amide bonds. The van der Waals surface area contributed by atoms with Crippen LogP contribution in [0.3, 0.4) is 0 Å². The molecule has 0 unspecified atom stereocenters. The van der Waals surface area contributed by atoms with Crippen LogP contribution in [0.5, 0.6) is 11.5 Å². The number of hydrogen-bond donors (Lipinski definition) is 1. The molecule has 5 heteroatoms. The molecule has 1 aromatic rings. The quantitative estimate of drug-likeness (QED) is 0.779. The van der Waals surface area contributed by atoms with Crippen LogP contribution in [0.25, 0.3) is 0 Å². The van der Waals surface area contributed by atoms with Crippen molar-refractivity contribution >= 4 is 5.91 Å². The molecule has 5 nitrogen and oxygen atoms in total. The number of benzene rings is 1. The third-order valence-corrected chi connectivity index (χ3v) is 3.71. The first-order valence-corrected chi connectivity index (χ1v) is 7.43. The van der Waals surface area contributed by atoms with Gasteiger partial charge in [-0.3, -0.25) is 4.79 Å². The van der Waals surface area contributed by atoms with E-state index in [1.165, 1.54) is 0 Å². The molecule has 0 aromatic heterocycles. The molecule has 1 aromatic carbocycles. The summed E-state index contributed by atoms with van der Waals surface area (Å²) in [4.78, 5) is 13.9. The number of amides is 1. The Morgan fingerprint density at radius 3 is 2.33 bits per heavy atom. The normalized spacial score (nSPS) is 14.3. The van der Waals surface area contributed by atoms with Gasteiger partial charge >= 0.3 is 0 Å². The van der Waals surface area contributed by atoms with Crippen LogP contribution in [0.15, 0.2) is 18.2 Å². The molecule has 0 aliphatic carbocycles. The third kappa shape index (κ3) is 4.63. The van der Waals surface area contributed by atoms with Gasteiger partial charge in [-0.15, -0.1) is 0 Å². The van der Waals surface area contributed by atoms with Gasteiger partial charge in [-0.05, 0) is 30.5 Å². The van der Waals surface area contributed by atoms with Crippen molar-refractivity contribution in [3.05, 3.63) is 23.8 Å². The van der Waals surface area contributed by atoms with E-state index in [4.69, 9.17) is 9.47 Å². The first-order chi connectivity index (χ1) is 10.2. The number of methoxy groups -OCH3 is 2. The Balaban J connectivity index is 1.76. The van der Waals surface area contributed by atoms with Gasteiger partial charge in [0.15, 0.2) is 0 Å². The van der Waals surface area contributed by atoms with E-state index in [0.29, 0.717) is 19.5 Å². The van der Waals surface area contributed by atoms with Crippen molar-refractivity contribution in [2.24, 2.45) is 0 Å². The van der Waals surface area contributed by atoms with E-state index in [0.717, 1.165) is 43.0 Å². The minimum absolute atomic E-state index is 0.253. The van der Waals surface area contributed by atoms with Crippen molar-refractivity contribution in [1.82, 2.24) is 10.2 Å². The van der Waals surface area contributed by atoms with Crippen molar-refractivity contribution in [2.45, 2.75) is 25.8 Å². The van der Waals surface area contributed by atoms with Crippen LogP contribution >= 0.6 is 0 Å². The summed E-state index contributed by atoms with van der Waals surface area (Å²) in [5.74, 6) is 1.81. The average Bonchev–Trinajstić information content (AvgIpc) is 3.05. The number of nitrogens with one attached hydrogen (secondary N) is 1. The molecule has 0 atom stereocenters. The minimum atomic E-state index is 0.253. The molecule has 1 saturated heterocycles. The Morgan fingerprint density at radius 2 is 1.76 bits per heavy atom. The van der Waals surface area contributed by atoms with Crippen LogP contribution in [0.4, 0.5) is 0 Å². The highest BCUT2D eigenvalue weighted by Crippen LogP contribution is 2.22. The van der Waals surface area contributed by atoms with Crippen molar-refractivity contribution in [3.63, 3.8) is 0 Å². The van der Waals surface area contributed by atoms with Gasteiger partial charge in [-0.2, -0.15) is 0 Å². The van der Waals surface area contributed by atoms with Gasteiger partial charge in [-0.1, -0.05) is 0 Å². The van der Waals surface area contributed by atoms with Crippen molar-refractivity contribution in [3.8, 4) is 11.5 Å². The van der Waals surface area contributed by atoms with E-state index in [-0.39, 0.29) is 5.91 Å². The first-order valence-electron chi connectivity index (χ1n) is 7.43. The van der Waals surface area contributed by atoms with E-state index >= 15 is 0 Å². The smallest absolute Gasteiger partial charge is 0.223 e. The summed E-state index contributed by atoms with van der Waals surface area (Å²) >= 11 is 0. The second-order valence-corrected chi connectivity index (χ2v) is 5.24. The Hall–Kier alpha value is -1.75. The lowest BCUT2D eigenvalue weighted by Crippen LogP contribution is -2.30. The SMILES string of the molecule is COc1cc(CNCCC(=O)N2CCCC2)cc(OC)c1. The van der Waals surface area contributed by atoms with Gasteiger partial charge < -0.3 is 19.7 Å². The lowest BCUT2D eigenvalue weighted by atomic mass is 10.2. The summed E-state index contributed by atoms with van der Waals surface area (Å²) in [5, 5.41) is 3.30. The summed E-state index contributed by atoms with van der Waals surface area (Å²) < 4.78 is 10.5. The van der Waals surface area contributed by atoms with Gasteiger partial charge in [0, 0.05) is 38.7 Å². The summed E-state index contributed by atoms with van der Waals surface area (Å²) in [6.07, 6.45) is 2.84. The van der Waals surface area contributed by atoms with Crippen LogP contribution in [0.1, 0.15) is 24.8 Å². The highest BCUT2D eigenvalue weighted by Gasteiger charge is 2.16. The second-order valence-electron chi connectivity index (χ2n) is 5.24. The molecule has 21 heavy (non-hydrogen) atoms. The van der Waals surface area contributed by atoms with Gasteiger partial charge in [-0.25, -0.2) is 0 Å². The maximum absolute atomic E-state index is 11.9. The van der Waals surface area contributed by atoms with Crippen LogP contribution in [-0.2, 0) is 11.3 Å². The molecule has 1 fully saturated rings. The third-order valence-electron chi connectivity index (χ3n) is 3.71. The lowest BCUT2D eigenvalue weighted by molar-refractivity contribution is -0.130. The van der Waals surface area contributed by atoms with E-state index in [9.17, 15) is 4.79 Å². The summed E-state index contributed by atoms with van der Waals surface area (Å²) in [5.41, 5.74) is 1.08. The number of ether oxygens (including phenoxy) is 2. The largest absolute Gasteiger partial charge is 0.497 e. The molecule has 2 rings (SSSR count). The van der Waals surface area contributed by atoms with Crippen molar-refractivity contribution < 1.29 is 14.3 Å². The highest BCUT2D eigenvalue weighted by molar-refractivity contribution is 5.76. The van der Waals surface area contributed by atoms with Gasteiger partial charge in [0.05, 0.1) is 14.2 Å². The van der Waals surface area contributed by atoms with E-state index in [1.807, 2.05) is 23.1 Å². The zero-order chi connectivity index (χ0) is 15.1. The average molecular weight is 292 g/mol. The fourth-order valence-electron chi connectivity index (χ4n) is 2.52. The number of likely N-dealkylation sites (tertiary alicyclic amines) is 1. The molecule has 1 aliphatic heterocycles. The Kier molecular flexibility index (Phi) is 5.87. The lowest BCUT2D eigenvalue weighted by Gasteiger charge is -2.15. The van der Waals surface area contributed by atoms with E-state index < -0.39 is 0 Å². The molecule has 1 aliphatic rings. The van der Waals surface area contributed by atoms with Gasteiger partial charge in [0.2, 0.25) is 5.91 Å². The zero-order valence-electron chi connectivity index (χ0n) is 12.9. The fraction of sp³-hybridized carbons (Fsp3) is 0.562. The monoisotopic (exact) mass is 292 g/mol. The molecule has 0 radical (unpaired) electrons. The number of carbonyl (C=O) groups excluding carboxylic acids is 1. The topological polar surface area (TPSA) is 50.8 Å². The maximum Gasteiger partial charge on any atom is 0.223 e. The first kappa shape index (κ1) is 15.6. The Bertz CT molecular complexity index is 448. The number of nitrogens with zero attached hydrogens (tertiary/aromatic N) is 1. The molecule has 0 spiro atoms. The standard InChI is InChI=1S/C16H24N2O3/c1-20-14-9-13(10-15(11-14)21-2)12-17-6-5-16(19)18-7-3-4-8-18/h9-11,17H,3-8,12H2,1-2H3. The Morgan fingerprint density at radius 1 is 1.14 bits per heavy atom. The summed E-state index contributed by atoms with van der Waals surface area (Å²) in [6.45, 7) is 3.23. The molecular weight excluding hydrogens is 268 g/mol. The van der Waals surface area contributed by atoms with Gasteiger partial charge in [0.1, 0.15) is 11.5 Å². The number of carbonyl (C=O) groups is 1. The molecule has 0 saturated carbocycles. The molecular formula is C16H24N2O3. The van der Waals surface area contributed by atoms with Crippen molar-refractivity contribution in [2.75, 3.05) is 33.9 Å². The number of rotatable bonds is 7. The predicted molar refractivity (Wildman–Crippen MR) is 81.7 cm³/mol. The van der Waals surface area contributed by atoms with Gasteiger partial charge in [0.25, 0.3) is 0 Å². The molecule has 116 valence electrons. The van der Waals surface area contributed by atoms with Crippen LogP contribution < -0.4 is 14.8 Å². The maximum atomic E-state index is 11.9. The van der Waals surface area contributed by atoms with Crippen molar-refractivity contribution in [1.29, 1.82) is 0 Å². The number of hydrogen-bond acceptors (Lipinski definition) is 4. The fourth-order valence-corrected chi connectivity index (χ4v) is 2.52. The minimum Gasteiger partial charge on any atom is -0.497 e. The second kappa shape index (κ2) is 7.88. The summed E-state index contributed by atoms with van der Waals surface area (Å²) in [6, 6.07) is 5.79. The molecule has 0 bridgehead atoms. The van der Waals surface area contributed by atoms with Crippen LogP contribution in [-0.4, -0.2) is 44.7 Å². The van der Waals surface area contributed by atoms with E-state index in [1.54, 1.807) is 14.2 Å². The zero-order valence-corrected chi connectivity index (χ0v) is 12.9. The summed E-state index contributed by atoms with van der Waals surface area (Å²) in [7, 11) is 3.28. The molecule has 1 N–H and O–H groups in total.